The zero-order valence-electron chi connectivity index (χ0n) is 13.9. The molecule has 2 aromatic carbocycles. The van der Waals surface area contributed by atoms with E-state index in [2.05, 4.69) is 31.2 Å². The molecule has 24 heavy (non-hydrogen) atoms. The molecule has 2 aliphatic carbocycles. The van der Waals surface area contributed by atoms with Gasteiger partial charge in [-0.15, -0.1) is 0 Å². The van der Waals surface area contributed by atoms with Crippen LogP contribution in [0.4, 0.5) is 0 Å². The molecule has 3 heteroatoms. The number of hydrogen-bond acceptors (Lipinski definition) is 2. The molecular weight excluding hydrogens is 298 g/mol. The van der Waals surface area contributed by atoms with Gasteiger partial charge in [0.2, 0.25) is 5.91 Å². The number of aryl methyl sites for hydroxylation is 1. The van der Waals surface area contributed by atoms with Crippen LogP contribution >= 0.6 is 0 Å². The second kappa shape index (κ2) is 4.56. The number of hydrogen-bond donors (Lipinski definition) is 0. The second-order valence-corrected chi connectivity index (χ2v) is 7.43. The van der Waals surface area contributed by atoms with Gasteiger partial charge in [-0.05, 0) is 54.0 Å². The first-order chi connectivity index (χ1) is 11.6. The van der Waals surface area contributed by atoms with Gasteiger partial charge >= 0.3 is 0 Å². The van der Waals surface area contributed by atoms with Crippen LogP contribution in [-0.2, 0) is 11.2 Å². The molecule has 120 valence electrons. The standard InChI is InChI=1S/C21H19NO2/c1-11-6-7-12-9-13-10-17(16(12)8-11)19-18-14(13)4-3-5-15(18)20(23)22(2)21(19)24/h3-8,13,17,19H,9-10H2,1-2H3/t13-,17-,19+/m0/s1. The van der Waals surface area contributed by atoms with E-state index in [1.54, 1.807) is 7.05 Å². The van der Waals surface area contributed by atoms with Gasteiger partial charge in [-0.1, -0.05) is 35.9 Å². The van der Waals surface area contributed by atoms with E-state index in [4.69, 9.17) is 0 Å². The van der Waals surface area contributed by atoms with Crippen LogP contribution in [0.5, 0.6) is 0 Å². The van der Waals surface area contributed by atoms with Crippen molar-refractivity contribution in [2.45, 2.75) is 37.5 Å². The Morgan fingerprint density at radius 3 is 2.75 bits per heavy atom. The van der Waals surface area contributed by atoms with Crippen LogP contribution < -0.4 is 0 Å². The third-order valence-electron chi connectivity index (χ3n) is 6.13. The van der Waals surface area contributed by atoms with Crippen molar-refractivity contribution < 1.29 is 9.59 Å². The molecule has 1 heterocycles. The van der Waals surface area contributed by atoms with Gasteiger partial charge in [0, 0.05) is 18.5 Å². The van der Waals surface area contributed by atoms with Crippen LogP contribution in [0.25, 0.3) is 0 Å². The third-order valence-corrected chi connectivity index (χ3v) is 6.13. The zero-order chi connectivity index (χ0) is 16.6. The molecule has 0 aromatic heterocycles. The van der Waals surface area contributed by atoms with E-state index in [-0.39, 0.29) is 23.7 Å². The molecule has 0 saturated carbocycles. The predicted octanol–water partition coefficient (Wildman–Crippen LogP) is 3.52. The molecule has 0 unspecified atom stereocenters. The summed E-state index contributed by atoms with van der Waals surface area (Å²) >= 11 is 0. The van der Waals surface area contributed by atoms with Crippen molar-refractivity contribution in [1.29, 1.82) is 0 Å². The maximum Gasteiger partial charge on any atom is 0.260 e. The average Bonchev–Trinajstić information content (AvgIpc) is 2.59. The molecule has 0 saturated heterocycles. The van der Waals surface area contributed by atoms with Gasteiger partial charge in [0.05, 0.1) is 5.92 Å². The molecular formula is C21H19NO2. The first-order valence-electron chi connectivity index (χ1n) is 8.60. The predicted molar refractivity (Wildman–Crippen MR) is 91.3 cm³/mol. The van der Waals surface area contributed by atoms with E-state index in [9.17, 15) is 9.59 Å². The highest BCUT2D eigenvalue weighted by molar-refractivity contribution is 6.12. The molecule has 5 rings (SSSR count). The number of amides is 2. The number of imide groups is 1. The second-order valence-electron chi connectivity index (χ2n) is 7.43. The lowest BCUT2D eigenvalue weighted by Crippen LogP contribution is -2.47. The van der Waals surface area contributed by atoms with E-state index in [0.717, 1.165) is 24.0 Å². The summed E-state index contributed by atoms with van der Waals surface area (Å²) in [5.74, 6) is 0.196. The molecule has 3 nitrogen and oxygen atoms in total. The van der Waals surface area contributed by atoms with Crippen molar-refractivity contribution in [3.8, 4) is 0 Å². The summed E-state index contributed by atoms with van der Waals surface area (Å²) in [5.41, 5.74) is 6.87. The maximum atomic E-state index is 13.0. The van der Waals surface area contributed by atoms with E-state index in [1.807, 2.05) is 12.1 Å². The van der Waals surface area contributed by atoms with Crippen molar-refractivity contribution in [2.24, 2.45) is 0 Å². The quantitative estimate of drug-likeness (QED) is 0.697. The van der Waals surface area contributed by atoms with Gasteiger partial charge in [0.15, 0.2) is 0 Å². The maximum absolute atomic E-state index is 13.0. The normalized spacial score (nSPS) is 26.9. The Bertz CT molecular complexity index is 914. The molecule has 2 bridgehead atoms. The van der Waals surface area contributed by atoms with E-state index in [1.165, 1.54) is 27.2 Å². The third kappa shape index (κ3) is 1.62. The fraction of sp³-hybridized carbons (Fsp3) is 0.333. The van der Waals surface area contributed by atoms with Crippen LogP contribution in [0.15, 0.2) is 36.4 Å². The van der Waals surface area contributed by atoms with E-state index in [0.29, 0.717) is 5.92 Å². The smallest absolute Gasteiger partial charge is 0.260 e. The molecule has 0 spiro atoms. The number of rotatable bonds is 0. The van der Waals surface area contributed by atoms with Crippen molar-refractivity contribution in [2.75, 3.05) is 7.05 Å². The summed E-state index contributed by atoms with van der Waals surface area (Å²) in [6.07, 6.45) is 2.01. The number of likely N-dealkylation sites (N-methyl/N-ethyl adjacent to an activating group) is 1. The highest BCUT2D eigenvalue weighted by atomic mass is 16.2. The largest absolute Gasteiger partial charge is 0.281 e. The van der Waals surface area contributed by atoms with Crippen molar-refractivity contribution >= 4 is 11.8 Å². The Kier molecular flexibility index (Phi) is 2.66. The fourth-order valence-electron chi connectivity index (χ4n) is 5.04. The lowest BCUT2D eigenvalue weighted by Gasteiger charge is -2.46. The Balaban J connectivity index is 1.80. The molecule has 0 fully saturated rings. The van der Waals surface area contributed by atoms with Crippen LogP contribution in [0, 0.1) is 6.92 Å². The molecule has 0 radical (unpaired) electrons. The minimum absolute atomic E-state index is 0.0437. The molecule has 3 aliphatic rings. The fourth-order valence-corrected chi connectivity index (χ4v) is 5.04. The summed E-state index contributed by atoms with van der Waals surface area (Å²) in [4.78, 5) is 26.9. The summed E-state index contributed by atoms with van der Waals surface area (Å²) < 4.78 is 0. The SMILES string of the molecule is Cc1ccc2c(c1)[C@@H]1C[C@H](C2)c2cccc3c2[C@@H]1C(=O)N(C)C3=O. The number of fused-ring (bicyclic) bond motifs is 6. The Hall–Kier alpha value is -2.42. The monoisotopic (exact) mass is 317 g/mol. The highest BCUT2D eigenvalue weighted by Gasteiger charge is 2.49. The topological polar surface area (TPSA) is 37.4 Å². The van der Waals surface area contributed by atoms with Crippen LogP contribution in [0.3, 0.4) is 0 Å². The lowest BCUT2D eigenvalue weighted by molar-refractivity contribution is -0.130. The number of carbonyl (C=O) groups is 2. The molecule has 0 N–H and O–H groups in total. The van der Waals surface area contributed by atoms with Crippen LogP contribution in [-0.4, -0.2) is 23.8 Å². The van der Waals surface area contributed by atoms with Crippen LogP contribution in [0.2, 0.25) is 0 Å². The van der Waals surface area contributed by atoms with Gasteiger partial charge < -0.3 is 0 Å². The van der Waals surface area contributed by atoms with E-state index >= 15 is 0 Å². The van der Waals surface area contributed by atoms with Gasteiger partial charge in [-0.25, -0.2) is 0 Å². The van der Waals surface area contributed by atoms with Gasteiger partial charge in [0.25, 0.3) is 5.91 Å². The van der Waals surface area contributed by atoms with Gasteiger partial charge in [0.1, 0.15) is 0 Å². The van der Waals surface area contributed by atoms with Crippen LogP contribution in [0.1, 0.15) is 62.3 Å². The zero-order valence-corrected chi connectivity index (χ0v) is 13.9. The summed E-state index contributed by atoms with van der Waals surface area (Å²) in [7, 11) is 1.62. The molecule has 2 amide bonds. The summed E-state index contributed by atoms with van der Waals surface area (Å²) in [6.45, 7) is 2.10. The average molecular weight is 317 g/mol. The van der Waals surface area contributed by atoms with Gasteiger partial charge in [-0.3, -0.25) is 14.5 Å². The molecule has 3 atom stereocenters. The first kappa shape index (κ1) is 14.0. The minimum atomic E-state index is -0.212. The molecule has 1 aliphatic heterocycles. The van der Waals surface area contributed by atoms with Gasteiger partial charge in [-0.2, -0.15) is 0 Å². The summed E-state index contributed by atoms with van der Waals surface area (Å²) in [5, 5.41) is 0. The lowest BCUT2D eigenvalue weighted by atomic mass is 9.60. The molecule has 2 aromatic rings. The number of carbonyl (C=O) groups excluding carboxylic acids is 2. The number of benzene rings is 2. The first-order valence-corrected chi connectivity index (χ1v) is 8.60. The Morgan fingerprint density at radius 1 is 1.08 bits per heavy atom. The Labute approximate surface area is 141 Å². The Morgan fingerprint density at radius 2 is 1.92 bits per heavy atom. The summed E-state index contributed by atoms with van der Waals surface area (Å²) in [6, 6.07) is 12.6. The van der Waals surface area contributed by atoms with Crippen molar-refractivity contribution in [3.05, 3.63) is 69.8 Å². The number of nitrogens with zero attached hydrogens (tertiary/aromatic N) is 1. The highest BCUT2D eigenvalue weighted by Crippen LogP contribution is 2.55. The van der Waals surface area contributed by atoms with Crippen molar-refractivity contribution in [1.82, 2.24) is 4.90 Å². The van der Waals surface area contributed by atoms with E-state index < -0.39 is 0 Å². The minimum Gasteiger partial charge on any atom is -0.281 e. The van der Waals surface area contributed by atoms with Crippen molar-refractivity contribution in [3.63, 3.8) is 0 Å².